The van der Waals surface area contributed by atoms with E-state index in [9.17, 15) is 0 Å². The van der Waals surface area contributed by atoms with Gasteiger partial charge < -0.3 is 5.32 Å². The van der Waals surface area contributed by atoms with Crippen LogP contribution in [0.2, 0.25) is 0 Å². The first kappa shape index (κ1) is 13.0. The molecule has 1 aliphatic carbocycles. The number of thiazole rings is 1. The molecule has 0 amide bonds. The van der Waals surface area contributed by atoms with Crippen molar-refractivity contribution in [2.45, 2.75) is 66.0 Å². The second kappa shape index (κ2) is 5.07. The van der Waals surface area contributed by atoms with Crippen molar-refractivity contribution in [1.29, 1.82) is 0 Å². The summed E-state index contributed by atoms with van der Waals surface area (Å²) in [5.74, 6) is 0. The van der Waals surface area contributed by atoms with Gasteiger partial charge in [0.25, 0.3) is 0 Å². The van der Waals surface area contributed by atoms with E-state index < -0.39 is 0 Å². The summed E-state index contributed by atoms with van der Waals surface area (Å²) in [6, 6.07) is 0.785. The largest absolute Gasteiger partial charge is 0.309 e. The molecule has 1 heterocycles. The molecule has 0 bridgehead atoms. The van der Waals surface area contributed by atoms with E-state index in [0.29, 0.717) is 5.41 Å². The molecule has 1 aromatic heterocycles. The molecule has 1 fully saturated rings. The Balaban J connectivity index is 2.02. The van der Waals surface area contributed by atoms with Crippen LogP contribution < -0.4 is 5.32 Å². The van der Waals surface area contributed by atoms with Crippen molar-refractivity contribution in [3.05, 3.63) is 15.6 Å². The van der Waals surface area contributed by atoms with Crippen molar-refractivity contribution in [1.82, 2.24) is 10.3 Å². The van der Waals surface area contributed by atoms with Crippen LogP contribution in [0.15, 0.2) is 0 Å². The van der Waals surface area contributed by atoms with Gasteiger partial charge in [0.2, 0.25) is 0 Å². The predicted octanol–water partition coefficient (Wildman–Crippen LogP) is 3.55. The molecular formula is C14H24N2S. The van der Waals surface area contributed by atoms with Crippen molar-refractivity contribution in [2.75, 3.05) is 0 Å². The summed E-state index contributed by atoms with van der Waals surface area (Å²) < 4.78 is 0. The first-order valence-electron chi connectivity index (χ1n) is 6.69. The number of nitrogens with one attached hydrogen (secondary N) is 1. The summed E-state index contributed by atoms with van der Waals surface area (Å²) in [5, 5.41) is 4.90. The maximum absolute atomic E-state index is 4.79. The topological polar surface area (TPSA) is 24.9 Å². The molecule has 0 atom stereocenters. The highest BCUT2D eigenvalue weighted by atomic mass is 32.1. The summed E-state index contributed by atoms with van der Waals surface area (Å²) in [6.07, 6.45) is 4.86. The lowest BCUT2D eigenvalue weighted by Gasteiger charge is -2.15. The van der Waals surface area contributed by atoms with Crippen molar-refractivity contribution in [3.8, 4) is 0 Å². The number of aryl methyl sites for hydroxylation is 1. The molecule has 96 valence electrons. The molecule has 2 nitrogen and oxygen atoms in total. The van der Waals surface area contributed by atoms with E-state index in [0.717, 1.165) is 25.4 Å². The van der Waals surface area contributed by atoms with E-state index in [1.165, 1.54) is 28.4 Å². The van der Waals surface area contributed by atoms with Crippen LogP contribution in [0.4, 0.5) is 0 Å². The molecule has 0 unspecified atom stereocenters. The predicted molar refractivity (Wildman–Crippen MR) is 74.5 cm³/mol. The smallest absolute Gasteiger partial charge is 0.0936 e. The van der Waals surface area contributed by atoms with Crippen LogP contribution in [0.25, 0.3) is 0 Å². The maximum Gasteiger partial charge on any atom is 0.0936 e. The van der Waals surface area contributed by atoms with Crippen LogP contribution in [0.5, 0.6) is 0 Å². The normalized spacial score (nSPS) is 16.5. The number of rotatable bonds is 5. The lowest BCUT2D eigenvalue weighted by molar-refractivity contribution is 0.410. The number of hydrogen-bond acceptors (Lipinski definition) is 3. The summed E-state index contributed by atoms with van der Waals surface area (Å²) in [7, 11) is 0. The van der Waals surface area contributed by atoms with Crippen LogP contribution in [0.1, 0.15) is 56.1 Å². The third-order valence-corrected chi connectivity index (χ3v) is 4.07. The van der Waals surface area contributed by atoms with Gasteiger partial charge in [-0.05, 0) is 24.7 Å². The third-order valence-electron chi connectivity index (χ3n) is 2.97. The zero-order chi connectivity index (χ0) is 12.5. The van der Waals surface area contributed by atoms with Gasteiger partial charge in [0.1, 0.15) is 0 Å². The van der Waals surface area contributed by atoms with Gasteiger partial charge >= 0.3 is 0 Å². The average Bonchev–Trinajstić information content (AvgIpc) is 2.96. The van der Waals surface area contributed by atoms with E-state index >= 15 is 0 Å². The molecule has 0 aliphatic heterocycles. The van der Waals surface area contributed by atoms with Crippen molar-refractivity contribution >= 4 is 11.3 Å². The minimum absolute atomic E-state index is 0.337. The minimum atomic E-state index is 0.337. The van der Waals surface area contributed by atoms with Crippen LogP contribution in [0, 0.1) is 5.41 Å². The zero-order valence-corrected chi connectivity index (χ0v) is 12.3. The molecule has 17 heavy (non-hydrogen) atoms. The molecule has 1 aromatic rings. The Morgan fingerprint density at radius 1 is 1.35 bits per heavy atom. The second-order valence-electron chi connectivity index (χ2n) is 6.22. The molecule has 0 spiro atoms. The van der Waals surface area contributed by atoms with E-state index in [-0.39, 0.29) is 0 Å². The first-order chi connectivity index (χ1) is 7.98. The molecule has 1 aliphatic rings. The van der Waals surface area contributed by atoms with Gasteiger partial charge in [-0.3, -0.25) is 0 Å². The molecule has 2 rings (SSSR count). The van der Waals surface area contributed by atoms with Crippen molar-refractivity contribution in [2.24, 2.45) is 5.41 Å². The van der Waals surface area contributed by atoms with Gasteiger partial charge in [-0.2, -0.15) is 0 Å². The van der Waals surface area contributed by atoms with Gasteiger partial charge in [-0.1, -0.05) is 27.7 Å². The summed E-state index contributed by atoms with van der Waals surface area (Å²) in [4.78, 5) is 6.25. The van der Waals surface area contributed by atoms with Crippen molar-refractivity contribution < 1.29 is 0 Å². The number of nitrogens with zero attached hydrogens (tertiary/aromatic N) is 1. The quantitative estimate of drug-likeness (QED) is 0.867. The van der Waals surface area contributed by atoms with E-state index in [1.807, 2.05) is 11.3 Å². The van der Waals surface area contributed by atoms with Gasteiger partial charge in [-0.15, -0.1) is 11.3 Å². The molecule has 1 N–H and O–H groups in total. The van der Waals surface area contributed by atoms with Crippen LogP contribution in [0.3, 0.4) is 0 Å². The van der Waals surface area contributed by atoms with Crippen molar-refractivity contribution in [3.63, 3.8) is 0 Å². The van der Waals surface area contributed by atoms with Gasteiger partial charge in [0.05, 0.1) is 10.7 Å². The monoisotopic (exact) mass is 252 g/mol. The fourth-order valence-electron chi connectivity index (χ4n) is 1.90. The van der Waals surface area contributed by atoms with Crippen LogP contribution in [-0.2, 0) is 19.4 Å². The lowest BCUT2D eigenvalue weighted by atomic mass is 9.93. The second-order valence-corrected chi connectivity index (χ2v) is 7.39. The van der Waals surface area contributed by atoms with Crippen LogP contribution >= 0.6 is 11.3 Å². The lowest BCUT2D eigenvalue weighted by Crippen LogP contribution is -2.15. The molecule has 1 saturated carbocycles. The fourth-order valence-corrected chi connectivity index (χ4v) is 3.31. The highest BCUT2D eigenvalue weighted by molar-refractivity contribution is 7.11. The molecule has 0 saturated heterocycles. The standard InChI is InChI=1S/C14H24N2S/c1-5-11-12(9-15-10-6-7-10)17-13(16-11)8-14(2,3)4/h10,15H,5-9H2,1-4H3. The first-order valence-corrected chi connectivity index (χ1v) is 7.50. The number of hydrogen-bond donors (Lipinski definition) is 1. The van der Waals surface area contributed by atoms with E-state index in [4.69, 9.17) is 4.98 Å². The average molecular weight is 252 g/mol. The Morgan fingerprint density at radius 2 is 2.06 bits per heavy atom. The maximum atomic E-state index is 4.79. The SMILES string of the molecule is CCc1nc(CC(C)(C)C)sc1CNC1CC1. The highest BCUT2D eigenvalue weighted by Gasteiger charge is 2.22. The Morgan fingerprint density at radius 3 is 2.59 bits per heavy atom. The summed E-state index contributed by atoms with van der Waals surface area (Å²) >= 11 is 1.91. The number of aromatic nitrogens is 1. The van der Waals surface area contributed by atoms with E-state index in [1.54, 1.807) is 0 Å². The fraction of sp³-hybridized carbons (Fsp3) is 0.786. The molecular weight excluding hydrogens is 228 g/mol. The van der Waals surface area contributed by atoms with Gasteiger partial charge in [-0.25, -0.2) is 4.98 Å². The van der Waals surface area contributed by atoms with Gasteiger partial charge in [0, 0.05) is 23.9 Å². The summed E-state index contributed by atoms with van der Waals surface area (Å²) in [6.45, 7) is 10.1. The third kappa shape index (κ3) is 4.07. The van der Waals surface area contributed by atoms with Crippen LogP contribution in [-0.4, -0.2) is 11.0 Å². The van der Waals surface area contributed by atoms with E-state index in [2.05, 4.69) is 33.0 Å². The Labute approximate surface area is 109 Å². The Bertz CT molecular complexity index is 372. The summed E-state index contributed by atoms with van der Waals surface area (Å²) in [5.41, 5.74) is 1.65. The van der Waals surface area contributed by atoms with Gasteiger partial charge in [0.15, 0.2) is 0 Å². The molecule has 0 aromatic carbocycles. The molecule has 0 radical (unpaired) electrons. The Hall–Kier alpha value is -0.410. The minimum Gasteiger partial charge on any atom is -0.309 e. The molecule has 3 heteroatoms. The Kier molecular flexibility index (Phi) is 3.88. The zero-order valence-electron chi connectivity index (χ0n) is 11.5. The highest BCUT2D eigenvalue weighted by Crippen LogP contribution is 2.27.